The number of carbonyl (C=O) groups is 1. The van der Waals surface area contributed by atoms with Crippen LogP contribution in [-0.4, -0.2) is 17.1 Å². The topological polar surface area (TPSA) is 65.2 Å². The number of aromatic nitrogens is 1. The SMILES string of the molecule is CCC1CCCCC1OC(=O)c1ccc2nc(N)sc2c1. The third-order valence-electron chi connectivity index (χ3n) is 4.26. The van der Waals surface area contributed by atoms with E-state index in [9.17, 15) is 4.79 Å². The molecule has 0 spiro atoms. The van der Waals surface area contributed by atoms with E-state index in [-0.39, 0.29) is 12.1 Å². The van der Waals surface area contributed by atoms with Crippen LogP contribution in [0.25, 0.3) is 10.2 Å². The lowest BCUT2D eigenvalue weighted by Crippen LogP contribution is -2.29. The van der Waals surface area contributed by atoms with Crippen LogP contribution in [0.1, 0.15) is 49.4 Å². The molecular weight excluding hydrogens is 284 g/mol. The molecule has 1 aromatic carbocycles. The molecule has 2 N–H and O–H groups in total. The van der Waals surface area contributed by atoms with Crippen molar-refractivity contribution in [2.45, 2.75) is 45.1 Å². The third-order valence-corrected chi connectivity index (χ3v) is 5.11. The van der Waals surface area contributed by atoms with Gasteiger partial charge in [-0.25, -0.2) is 9.78 Å². The summed E-state index contributed by atoms with van der Waals surface area (Å²) in [6.07, 6.45) is 5.69. The van der Waals surface area contributed by atoms with Crippen molar-refractivity contribution in [3.63, 3.8) is 0 Å². The maximum Gasteiger partial charge on any atom is 0.338 e. The quantitative estimate of drug-likeness (QED) is 0.870. The number of hydrogen-bond acceptors (Lipinski definition) is 5. The number of hydrogen-bond donors (Lipinski definition) is 1. The van der Waals surface area contributed by atoms with Crippen molar-refractivity contribution in [2.75, 3.05) is 5.73 Å². The predicted octanol–water partition coefficient (Wildman–Crippen LogP) is 4.00. The second kappa shape index (κ2) is 6.02. The second-order valence-electron chi connectivity index (χ2n) is 5.63. The number of thiazole rings is 1. The fraction of sp³-hybridized carbons (Fsp3) is 0.500. The first-order chi connectivity index (χ1) is 10.2. The smallest absolute Gasteiger partial charge is 0.338 e. The summed E-state index contributed by atoms with van der Waals surface area (Å²) in [7, 11) is 0. The van der Waals surface area contributed by atoms with Gasteiger partial charge in [0, 0.05) is 0 Å². The highest BCUT2D eigenvalue weighted by Crippen LogP contribution is 2.30. The van der Waals surface area contributed by atoms with E-state index in [1.54, 1.807) is 6.07 Å². The van der Waals surface area contributed by atoms with Gasteiger partial charge in [0.25, 0.3) is 0 Å². The van der Waals surface area contributed by atoms with Crippen molar-refractivity contribution in [3.8, 4) is 0 Å². The molecule has 1 aliphatic carbocycles. The zero-order valence-corrected chi connectivity index (χ0v) is 13.0. The van der Waals surface area contributed by atoms with Gasteiger partial charge in [-0.15, -0.1) is 0 Å². The Balaban J connectivity index is 1.76. The molecule has 1 aliphatic rings. The van der Waals surface area contributed by atoms with Crippen LogP contribution < -0.4 is 5.73 Å². The maximum atomic E-state index is 12.4. The van der Waals surface area contributed by atoms with Crippen LogP contribution in [0.5, 0.6) is 0 Å². The standard InChI is InChI=1S/C16H20N2O2S/c1-2-10-5-3-4-6-13(10)20-15(19)11-7-8-12-14(9-11)21-16(17)18-12/h7-10,13H,2-6H2,1H3,(H2,17,18). The normalized spacial score (nSPS) is 22.3. The van der Waals surface area contributed by atoms with Crippen molar-refractivity contribution in [1.29, 1.82) is 0 Å². The summed E-state index contributed by atoms with van der Waals surface area (Å²) >= 11 is 1.39. The Morgan fingerprint density at radius 1 is 1.43 bits per heavy atom. The number of rotatable bonds is 3. The van der Waals surface area contributed by atoms with Crippen LogP contribution in [0.2, 0.25) is 0 Å². The third kappa shape index (κ3) is 3.02. The van der Waals surface area contributed by atoms with Gasteiger partial charge in [0.2, 0.25) is 0 Å². The van der Waals surface area contributed by atoms with Crippen LogP contribution >= 0.6 is 11.3 Å². The minimum absolute atomic E-state index is 0.0680. The van der Waals surface area contributed by atoms with Gasteiger partial charge in [0.1, 0.15) is 6.10 Å². The molecule has 0 radical (unpaired) electrons. The number of esters is 1. The van der Waals surface area contributed by atoms with E-state index >= 15 is 0 Å². The van der Waals surface area contributed by atoms with Crippen molar-refractivity contribution in [2.24, 2.45) is 5.92 Å². The molecule has 21 heavy (non-hydrogen) atoms. The van der Waals surface area contributed by atoms with E-state index in [1.807, 2.05) is 12.1 Å². The summed E-state index contributed by atoms with van der Waals surface area (Å²) in [5.74, 6) is 0.278. The Bertz CT molecular complexity index is 653. The molecule has 2 unspecified atom stereocenters. The van der Waals surface area contributed by atoms with E-state index in [2.05, 4.69) is 11.9 Å². The van der Waals surface area contributed by atoms with Gasteiger partial charge in [-0.3, -0.25) is 0 Å². The molecule has 3 rings (SSSR count). The molecular formula is C16H20N2O2S. The van der Waals surface area contributed by atoms with E-state index in [0.717, 1.165) is 29.5 Å². The molecule has 4 nitrogen and oxygen atoms in total. The monoisotopic (exact) mass is 304 g/mol. The largest absolute Gasteiger partial charge is 0.458 e. The highest BCUT2D eigenvalue weighted by Gasteiger charge is 2.27. The van der Waals surface area contributed by atoms with Crippen molar-refractivity contribution >= 4 is 32.7 Å². The van der Waals surface area contributed by atoms with Gasteiger partial charge in [-0.2, -0.15) is 0 Å². The Hall–Kier alpha value is -1.62. The van der Waals surface area contributed by atoms with Gasteiger partial charge >= 0.3 is 5.97 Å². The number of carbonyl (C=O) groups excluding carboxylic acids is 1. The Labute approximate surface area is 128 Å². The highest BCUT2D eigenvalue weighted by molar-refractivity contribution is 7.22. The molecule has 0 amide bonds. The van der Waals surface area contributed by atoms with Gasteiger partial charge < -0.3 is 10.5 Å². The van der Waals surface area contributed by atoms with Gasteiger partial charge in [0.15, 0.2) is 5.13 Å². The molecule has 1 fully saturated rings. The molecule has 5 heteroatoms. The fourth-order valence-corrected chi connectivity index (χ4v) is 3.84. The van der Waals surface area contributed by atoms with Crippen LogP contribution in [0, 0.1) is 5.92 Å². The molecule has 1 saturated carbocycles. The molecule has 0 aliphatic heterocycles. The first-order valence-corrected chi connectivity index (χ1v) is 8.36. The van der Waals surface area contributed by atoms with E-state index in [0.29, 0.717) is 16.6 Å². The van der Waals surface area contributed by atoms with Gasteiger partial charge in [-0.05, 0) is 49.8 Å². The number of ether oxygens (including phenoxy) is 1. The number of benzene rings is 1. The number of anilines is 1. The van der Waals surface area contributed by atoms with Crippen LogP contribution in [-0.2, 0) is 4.74 Å². The molecule has 112 valence electrons. The summed E-state index contributed by atoms with van der Waals surface area (Å²) < 4.78 is 6.68. The first-order valence-electron chi connectivity index (χ1n) is 7.54. The maximum absolute atomic E-state index is 12.4. The zero-order chi connectivity index (χ0) is 14.8. The number of nitrogens with zero attached hydrogens (tertiary/aromatic N) is 1. The van der Waals surface area contributed by atoms with E-state index in [1.165, 1.54) is 24.2 Å². The molecule has 1 aromatic heterocycles. The lowest BCUT2D eigenvalue weighted by molar-refractivity contribution is 0.000729. The summed E-state index contributed by atoms with van der Waals surface area (Å²) in [6, 6.07) is 5.43. The minimum atomic E-state index is -0.228. The van der Waals surface area contributed by atoms with Crippen molar-refractivity contribution < 1.29 is 9.53 Å². The van der Waals surface area contributed by atoms with Crippen molar-refractivity contribution in [3.05, 3.63) is 23.8 Å². The number of nitrogens with two attached hydrogens (primary N) is 1. The number of nitrogen functional groups attached to an aromatic ring is 1. The fourth-order valence-electron chi connectivity index (χ4n) is 3.07. The van der Waals surface area contributed by atoms with Gasteiger partial charge in [-0.1, -0.05) is 24.7 Å². The Morgan fingerprint density at radius 2 is 2.24 bits per heavy atom. The Kier molecular flexibility index (Phi) is 4.10. The summed E-state index contributed by atoms with van der Waals surface area (Å²) in [5.41, 5.74) is 7.11. The van der Waals surface area contributed by atoms with Crippen LogP contribution in [0.15, 0.2) is 18.2 Å². The number of fused-ring (bicyclic) bond motifs is 1. The lowest BCUT2D eigenvalue weighted by atomic mass is 9.85. The van der Waals surface area contributed by atoms with Gasteiger partial charge in [0.05, 0.1) is 15.8 Å². The Morgan fingerprint density at radius 3 is 3.05 bits per heavy atom. The lowest BCUT2D eigenvalue weighted by Gasteiger charge is -2.30. The molecule has 1 heterocycles. The summed E-state index contributed by atoms with van der Waals surface area (Å²) in [4.78, 5) is 16.6. The van der Waals surface area contributed by atoms with E-state index < -0.39 is 0 Å². The highest BCUT2D eigenvalue weighted by atomic mass is 32.1. The zero-order valence-electron chi connectivity index (χ0n) is 12.2. The molecule has 0 bridgehead atoms. The molecule has 2 aromatic rings. The average molecular weight is 304 g/mol. The first kappa shape index (κ1) is 14.3. The second-order valence-corrected chi connectivity index (χ2v) is 6.69. The van der Waals surface area contributed by atoms with Crippen LogP contribution in [0.3, 0.4) is 0 Å². The summed E-state index contributed by atoms with van der Waals surface area (Å²) in [6.45, 7) is 2.17. The summed E-state index contributed by atoms with van der Waals surface area (Å²) in [5, 5.41) is 0.522. The molecule has 0 saturated heterocycles. The van der Waals surface area contributed by atoms with Crippen molar-refractivity contribution in [1.82, 2.24) is 4.98 Å². The average Bonchev–Trinajstić information content (AvgIpc) is 2.86. The van der Waals surface area contributed by atoms with E-state index in [4.69, 9.17) is 10.5 Å². The van der Waals surface area contributed by atoms with Crippen LogP contribution in [0.4, 0.5) is 5.13 Å². The minimum Gasteiger partial charge on any atom is -0.458 e. The molecule has 2 atom stereocenters. The predicted molar refractivity (Wildman–Crippen MR) is 85.5 cm³/mol.